The van der Waals surface area contributed by atoms with Crippen LogP contribution in [0.3, 0.4) is 0 Å². The molecular weight excluding hydrogens is 150 g/mol. The largest absolute Gasteiger partial charge is 0.986 e. The Morgan fingerprint density at radius 2 is 1.12 bits per heavy atom. The number of rotatable bonds is 3. The molecule has 0 amide bonds. The van der Waals surface area contributed by atoms with Gasteiger partial charge < -0.3 is 23.6 Å². The summed E-state index contributed by atoms with van der Waals surface area (Å²) in [7, 11) is 0. The highest BCUT2D eigenvalue weighted by atomic mass is 27.3. The van der Waals surface area contributed by atoms with Gasteiger partial charge in [-0.25, -0.2) is 0 Å². The lowest BCUT2D eigenvalue weighted by atomic mass is 14.9. The summed E-state index contributed by atoms with van der Waals surface area (Å²) in [5, 5.41) is 0. The molecule has 0 radical (unpaired) electrons. The predicted octanol–water partition coefficient (Wildman–Crippen LogP) is -1.17. The van der Waals surface area contributed by atoms with Crippen molar-refractivity contribution in [1.82, 2.24) is 0 Å². The van der Waals surface area contributed by atoms with Crippen LogP contribution in [0.5, 0.6) is 0 Å². The first-order valence-corrected chi connectivity index (χ1v) is 4.74. The molecule has 0 aromatic carbocycles. The molecule has 6 nitrogen and oxygen atoms in total. The lowest BCUT2D eigenvalue weighted by Gasteiger charge is -1.83. The zero-order valence-electron chi connectivity index (χ0n) is 3.60. The van der Waals surface area contributed by atoms with E-state index in [9.17, 15) is 0 Å². The average molecular weight is 150 g/mol. The highest BCUT2D eigenvalue weighted by Gasteiger charge is 2.57. The second-order valence-corrected chi connectivity index (χ2v) is 3.46. The van der Waals surface area contributed by atoms with Gasteiger partial charge in [-0.2, -0.15) is 0 Å². The van der Waals surface area contributed by atoms with E-state index in [0.29, 0.717) is 0 Å². The maximum Gasteiger partial charge on any atom is 0.986 e. The molecule has 0 spiro atoms. The molecule has 0 unspecified atom stereocenters. The summed E-state index contributed by atoms with van der Waals surface area (Å²) in [5.74, 6) is 0. The number of hydrogen-bond acceptors (Lipinski definition) is 6. The van der Waals surface area contributed by atoms with E-state index in [2.05, 4.69) is 23.6 Å². The van der Waals surface area contributed by atoms with Crippen molar-refractivity contribution in [3.8, 4) is 0 Å². The Kier molecular flexibility index (Phi) is 1.55. The van der Waals surface area contributed by atoms with Gasteiger partial charge in [0.15, 0.2) is 0 Å². The molecule has 2 aliphatic heterocycles. The smallest absolute Gasteiger partial charge is 0.329 e. The fraction of sp³-hybridized carbons (Fsp3) is 0. The molecule has 0 saturated carbocycles. The predicted molar refractivity (Wildman–Crippen MR) is 18.0 cm³/mol. The van der Waals surface area contributed by atoms with E-state index in [-0.39, 0.29) is 0 Å². The molecule has 2 fully saturated rings. The molecule has 0 atom stereocenters. The molecule has 0 bridgehead atoms. The molecule has 8 heteroatoms. The van der Waals surface area contributed by atoms with Crippen molar-refractivity contribution in [2.75, 3.05) is 0 Å². The first-order chi connectivity index (χ1) is 3.95. The van der Waals surface area contributed by atoms with Crippen molar-refractivity contribution in [2.24, 2.45) is 0 Å². The van der Waals surface area contributed by atoms with Gasteiger partial charge in [0.25, 0.3) is 0 Å². The van der Waals surface area contributed by atoms with Gasteiger partial charge in [-0.15, -0.1) is 0 Å². The molecule has 0 N–H and O–H groups in total. The first-order valence-electron chi connectivity index (χ1n) is 1.91. The second-order valence-electron chi connectivity index (χ2n) is 1.15. The van der Waals surface area contributed by atoms with Gasteiger partial charge in [0, 0.05) is 0 Å². The minimum atomic E-state index is -1.78. The SMILES string of the molecule is [O]1[O][Al]1[O][O][Al]1[O][O]1. The molecule has 8 heavy (non-hydrogen) atoms. The van der Waals surface area contributed by atoms with E-state index in [0.717, 1.165) is 0 Å². The summed E-state index contributed by atoms with van der Waals surface area (Å²) in [4.78, 5) is 0. The zero-order chi connectivity index (χ0) is 5.40. The molecule has 0 aromatic heterocycles. The minimum absolute atomic E-state index is 1.78. The van der Waals surface area contributed by atoms with Gasteiger partial charge in [0.2, 0.25) is 0 Å². The van der Waals surface area contributed by atoms with Gasteiger partial charge in [-0.05, 0) is 0 Å². The lowest BCUT2D eigenvalue weighted by molar-refractivity contribution is -0.116. The standard InChI is InChI=1S/2Al.3O2/c;;3*1-2/q2*+3;3*-2. The highest BCUT2D eigenvalue weighted by Crippen LogP contribution is 2.13. The monoisotopic (exact) mass is 150 g/mol. The summed E-state index contributed by atoms with van der Waals surface area (Å²) in [6.07, 6.45) is 0. The summed E-state index contributed by atoms with van der Waals surface area (Å²) in [6, 6.07) is 0. The van der Waals surface area contributed by atoms with Crippen LogP contribution in [0.25, 0.3) is 0 Å². The van der Waals surface area contributed by atoms with Crippen LogP contribution in [0, 0.1) is 0 Å². The van der Waals surface area contributed by atoms with Crippen molar-refractivity contribution < 1.29 is 23.6 Å². The third-order valence-corrected chi connectivity index (χ3v) is 2.02. The van der Waals surface area contributed by atoms with Crippen LogP contribution in [0.4, 0.5) is 0 Å². The van der Waals surface area contributed by atoms with Crippen molar-refractivity contribution >= 4 is 30.3 Å². The van der Waals surface area contributed by atoms with Crippen molar-refractivity contribution in [1.29, 1.82) is 0 Å². The molecule has 2 heterocycles. The molecular formula is Al2O6. The Balaban J connectivity index is 1.56. The van der Waals surface area contributed by atoms with E-state index in [1.165, 1.54) is 0 Å². The van der Waals surface area contributed by atoms with Gasteiger partial charge in [0.1, 0.15) is 0 Å². The van der Waals surface area contributed by atoms with Crippen LogP contribution < -0.4 is 0 Å². The fourth-order valence-electron chi connectivity index (χ4n) is 0.200. The fourth-order valence-corrected chi connectivity index (χ4v) is 1.42. The summed E-state index contributed by atoms with van der Waals surface area (Å²) in [5.41, 5.74) is 0. The average Bonchev–Trinajstić information content (AvgIpc) is 2.60. The van der Waals surface area contributed by atoms with Crippen LogP contribution in [0.15, 0.2) is 0 Å². The van der Waals surface area contributed by atoms with Gasteiger partial charge in [-0.1, -0.05) is 0 Å². The topological polar surface area (TPSA) is 68.6 Å². The van der Waals surface area contributed by atoms with E-state index < -0.39 is 30.3 Å². The molecule has 2 saturated heterocycles. The molecule has 42 valence electrons. The van der Waals surface area contributed by atoms with Crippen LogP contribution >= 0.6 is 0 Å². The van der Waals surface area contributed by atoms with Crippen LogP contribution in [0.2, 0.25) is 0 Å². The van der Waals surface area contributed by atoms with Gasteiger partial charge in [-0.3, -0.25) is 0 Å². The summed E-state index contributed by atoms with van der Waals surface area (Å²) in [6.45, 7) is 0. The third kappa shape index (κ3) is 1.66. The molecule has 0 aromatic rings. The lowest BCUT2D eigenvalue weighted by Crippen LogP contribution is -2.06. The summed E-state index contributed by atoms with van der Waals surface area (Å²) >= 11 is -3.57. The summed E-state index contributed by atoms with van der Waals surface area (Å²) < 4.78 is 26.1. The van der Waals surface area contributed by atoms with Crippen LogP contribution in [-0.4, -0.2) is 30.3 Å². The van der Waals surface area contributed by atoms with Gasteiger partial charge in [0.05, 0.1) is 0 Å². The van der Waals surface area contributed by atoms with Crippen molar-refractivity contribution in [3.63, 3.8) is 0 Å². The first kappa shape index (κ1) is 5.60. The van der Waals surface area contributed by atoms with Crippen LogP contribution in [-0.2, 0) is 23.6 Å². The minimum Gasteiger partial charge on any atom is -0.329 e. The van der Waals surface area contributed by atoms with Crippen molar-refractivity contribution in [2.45, 2.75) is 0 Å². The van der Waals surface area contributed by atoms with E-state index >= 15 is 0 Å². The van der Waals surface area contributed by atoms with E-state index in [1.807, 2.05) is 0 Å². The van der Waals surface area contributed by atoms with E-state index in [4.69, 9.17) is 0 Å². The Morgan fingerprint density at radius 3 is 1.38 bits per heavy atom. The van der Waals surface area contributed by atoms with Crippen molar-refractivity contribution in [3.05, 3.63) is 0 Å². The molecule has 0 aliphatic carbocycles. The van der Waals surface area contributed by atoms with Gasteiger partial charge >= 0.3 is 30.3 Å². The quantitative estimate of drug-likeness (QED) is 0.218. The Labute approximate surface area is 54.4 Å². The molecule has 2 rings (SSSR count). The zero-order valence-corrected chi connectivity index (χ0v) is 5.91. The maximum absolute atomic E-state index is 4.48. The second kappa shape index (κ2) is 2.22. The maximum atomic E-state index is 4.48. The third-order valence-electron chi connectivity index (χ3n) is 0.562. The Hall–Kier alpha value is 0.825. The normalized spacial score (nSPS) is 24.0. The van der Waals surface area contributed by atoms with Crippen LogP contribution in [0.1, 0.15) is 0 Å². The molecule has 2 aliphatic rings. The Morgan fingerprint density at radius 1 is 0.750 bits per heavy atom. The number of hydrogen-bond donors (Lipinski definition) is 0. The van der Waals surface area contributed by atoms with E-state index in [1.54, 1.807) is 0 Å². The Bertz CT molecular complexity index is 72.5. The highest BCUT2D eigenvalue weighted by molar-refractivity contribution is 6.45.